The van der Waals surface area contributed by atoms with Crippen LogP contribution in [0.5, 0.6) is 0 Å². The van der Waals surface area contributed by atoms with Gasteiger partial charge in [0.1, 0.15) is 6.33 Å². The number of aromatic nitrogens is 4. The molecule has 7 heteroatoms. The van der Waals surface area contributed by atoms with Crippen LogP contribution in [-0.2, 0) is 4.79 Å². The fourth-order valence-electron chi connectivity index (χ4n) is 1.70. The van der Waals surface area contributed by atoms with Crippen molar-refractivity contribution in [2.45, 2.75) is 26.8 Å². The Morgan fingerprint density at radius 1 is 1.40 bits per heavy atom. The highest BCUT2D eigenvalue weighted by molar-refractivity contribution is 5.93. The Hall–Kier alpha value is -2.28. The number of carbonyl (C=O) groups is 1. The number of tetrazole rings is 1. The molecule has 1 amide bonds. The first-order chi connectivity index (χ1) is 9.49. The van der Waals surface area contributed by atoms with Crippen LogP contribution >= 0.6 is 0 Å². The van der Waals surface area contributed by atoms with Gasteiger partial charge in [0.05, 0.1) is 11.6 Å². The summed E-state index contributed by atoms with van der Waals surface area (Å²) >= 11 is 0. The van der Waals surface area contributed by atoms with Gasteiger partial charge >= 0.3 is 0 Å². The van der Waals surface area contributed by atoms with Gasteiger partial charge in [-0.25, -0.2) is 4.68 Å². The molecule has 0 aliphatic carbocycles. The van der Waals surface area contributed by atoms with Crippen LogP contribution in [0.25, 0.3) is 5.69 Å². The predicted molar refractivity (Wildman–Crippen MR) is 75.3 cm³/mol. The normalized spacial score (nSPS) is 13.8. The summed E-state index contributed by atoms with van der Waals surface area (Å²) in [7, 11) is 0. The van der Waals surface area contributed by atoms with Gasteiger partial charge in [-0.3, -0.25) is 4.79 Å². The van der Waals surface area contributed by atoms with Crippen molar-refractivity contribution in [2.75, 3.05) is 5.32 Å². The third-order valence-electron chi connectivity index (χ3n) is 3.27. The molecule has 2 rings (SSSR count). The van der Waals surface area contributed by atoms with Crippen molar-refractivity contribution in [3.05, 3.63) is 30.1 Å². The molecule has 0 fully saturated rings. The highest BCUT2D eigenvalue weighted by atomic mass is 16.1. The van der Waals surface area contributed by atoms with Crippen LogP contribution < -0.4 is 11.1 Å². The molecule has 1 aromatic heterocycles. The van der Waals surface area contributed by atoms with Gasteiger partial charge in [0.2, 0.25) is 5.91 Å². The number of nitrogens with one attached hydrogen (secondary N) is 1. The molecule has 1 aromatic carbocycles. The summed E-state index contributed by atoms with van der Waals surface area (Å²) in [6.45, 7) is 5.57. The molecular weight excluding hydrogens is 256 g/mol. The Bertz CT molecular complexity index is 593. The van der Waals surface area contributed by atoms with E-state index in [-0.39, 0.29) is 17.9 Å². The molecule has 3 N–H and O–H groups in total. The zero-order chi connectivity index (χ0) is 14.7. The number of hydrogen-bond donors (Lipinski definition) is 2. The lowest BCUT2D eigenvalue weighted by atomic mass is 10.0. The average molecular weight is 274 g/mol. The Labute approximate surface area is 117 Å². The van der Waals surface area contributed by atoms with E-state index in [1.54, 1.807) is 11.6 Å². The molecule has 106 valence electrons. The smallest absolute Gasteiger partial charge is 0.228 e. The first kappa shape index (κ1) is 14.1. The average Bonchev–Trinajstić information content (AvgIpc) is 2.93. The molecule has 20 heavy (non-hydrogen) atoms. The minimum absolute atomic E-state index is 0.105. The number of rotatable bonds is 4. The van der Waals surface area contributed by atoms with Crippen LogP contribution in [0.1, 0.15) is 19.4 Å². The highest BCUT2D eigenvalue weighted by Crippen LogP contribution is 2.19. The summed E-state index contributed by atoms with van der Waals surface area (Å²) in [5.74, 6) is -0.362. The summed E-state index contributed by atoms with van der Waals surface area (Å²) in [6, 6.07) is 5.38. The third kappa shape index (κ3) is 3.00. The standard InChI is InChI=1S/C13H18N6O/c1-8-4-5-11(16-13(20)9(2)10(3)14)6-12(8)19-7-15-17-18-19/h4-7,9-10H,14H2,1-3H3,(H,16,20). The maximum Gasteiger partial charge on any atom is 0.228 e. The quantitative estimate of drug-likeness (QED) is 0.862. The van der Waals surface area contributed by atoms with E-state index in [2.05, 4.69) is 20.8 Å². The van der Waals surface area contributed by atoms with Crippen molar-refractivity contribution in [1.82, 2.24) is 20.2 Å². The fourth-order valence-corrected chi connectivity index (χ4v) is 1.70. The summed E-state index contributed by atoms with van der Waals surface area (Å²) in [6.07, 6.45) is 1.51. The minimum Gasteiger partial charge on any atom is -0.327 e. The topological polar surface area (TPSA) is 98.7 Å². The van der Waals surface area contributed by atoms with E-state index < -0.39 is 0 Å². The number of amides is 1. The molecule has 0 aliphatic rings. The number of anilines is 1. The molecule has 7 nitrogen and oxygen atoms in total. The summed E-state index contributed by atoms with van der Waals surface area (Å²) in [4.78, 5) is 12.0. The number of nitrogens with two attached hydrogens (primary N) is 1. The predicted octanol–water partition coefficient (Wildman–Crippen LogP) is 0.893. The Morgan fingerprint density at radius 3 is 2.75 bits per heavy atom. The lowest BCUT2D eigenvalue weighted by Gasteiger charge is -2.16. The number of hydrogen-bond acceptors (Lipinski definition) is 5. The van der Waals surface area contributed by atoms with Gasteiger partial charge in [-0.2, -0.15) is 0 Å². The number of benzene rings is 1. The van der Waals surface area contributed by atoms with Gasteiger partial charge in [0.15, 0.2) is 0 Å². The Balaban J connectivity index is 2.22. The van der Waals surface area contributed by atoms with Crippen LogP contribution in [0.15, 0.2) is 24.5 Å². The van der Waals surface area contributed by atoms with Crippen molar-refractivity contribution < 1.29 is 4.79 Å². The number of aryl methyl sites for hydroxylation is 1. The van der Waals surface area contributed by atoms with Crippen molar-refractivity contribution in [3.63, 3.8) is 0 Å². The van der Waals surface area contributed by atoms with E-state index >= 15 is 0 Å². The van der Waals surface area contributed by atoms with E-state index in [0.717, 1.165) is 11.3 Å². The van der Waals surface area contributed by atoms with Crippen molar-refractivity contribution in [3.8, 4) is 5.69 Å². The van der Waals surface area contributed by atoms with E-state index in [1.165, 1.54) is 6.33 Å². The van der Waals surface area contributed by atoms with Gasteiger partial charge in [0.25, 0.3) is 0 Å². The van der Waals surface area contributed by atoms with Crippen LogP contribution in [-0.4, -0.2) is 32.2 Å². The van der Waals surface area contributed by atoms with E-state index in [0.29, 0.717) is 5.69 Å². The molecule has 0 saturated heterocycles. The second kappa shape index (κ2) is 5.79. The minimum atomic E-state index is -0.257. The second-order valence-corrected chi connectivity index (χ2v) is 4.89. The third-order valence-corrected chi connectivity index (χ3v) is 3.27. The SMILES string of the molecule is Cc1ccc(NC(=O)C(C)C(C)N)cc1-n1cnnn1. The van der Waals surface area contributed by atoms with Crippen molar-refractivity contribution in [2.24, 2.45) is 11.7 Å². The molecule has 2 atom stereocenters. The zero-order valence-electron chi connectivity index (χ0n) is 11.7. The lowest BCUT2D eigenvalue weighted by Crippen LogP contribution is -2.34. The number of nitrogens with zero attached hydrogens (tertiary/aromatic N) is 4. The molecule has 2 aromatic rings. The second-order valence-electron chi connectivity index (χ2n) is 4.89. The van der Waals surface area contributed by atoms with Crippen LogP contribution in [0.2, 0.25) is 0 Å². The maximum absolute atomic E-state index is 12.0. The van der Waals surface area contributed by atoms with Gasteiger partial charge < -0.3 is 11.1 Å². The molecule has 1 heterocycles. The molecule has 0 saturated carbocycles. The molecule has 0 aliphatic heterocycles. The van der Waals surface area contributed by atoms with Gasteiger partial charge in [-0.15, -0.1) is 5.10 Å². The molecule has 0 spiro atoms. The maximum atomic E-state index is 12.0. The largest absolute Gasteiger partial charge is 0.327 e. The summed E-state index contributed by atoms with van der Waals surface area (Å²) < 4.78 is 1.56. The van der Waals surface area contributed by atoms with Crippen LogP contribution in [0, 0.1) is 12.8 Å². The summed E-state index contributed by atoms with van der Waals surface area (Å²) in [5.41, 5.74) is 8.25. The number of carbonyl (C=O) groups excluding carboxylic acids is 1. The Morgan fingerprint density at radius 2 is 2.15 bits per heavy atom. The van der Waals surface area contributed by atoms with E-state index in [1.807, 2.05) is 32.0 Å². The van der Waals surface area contributed by atoms with Crippen LogP contribution in [0.3, 0.4) is 0 Å². The van der Waals surface area contributed by atoms with E-state index in [4.69, 9.17) is 5.73 Å². The summed E-state index contributed by atoms with van der Waals surface area (Å²) in [5, 5.41) is 13.9. The van der Waals surface area contributed by atoms with Crippen molar-refractivity contribution >= 4 is 11.6 Å². The molecule has 0 radical (unpaired) electrons. The fraction of sp³-hybridized carbons (Fsp3) is 0.385. The van der Waals surface area contributed by atoms with E-state index in [9.17, 15) is 4.79 Å². The first-order valence-electron chi connectivity index (χ1n) is 6.39. The van der Waals surface area contributed by atoms with Crippen LogP contribution in [0.4, 0.5) is 5.69 Å². The molecular formula is C13H18N6O. The molecule has 2 unspecified atom stereocenters. The van der Waals surface area contributed by atoms with Gasteiger partial charge in [-0.05, 0) is 42.0 Å². The van der Waals surface area contributed by atoms with Crippen molar-refractivity contribution in [1.29, 1.82) is 0 Å². The van der Waals surface area contributed by atoms with Gasteiger partial charge in [-0.1, -0.05) is 13.0 Å². The zero-order valence-corrected chi connectivity index (χ0v) is 11.7. The highest BCUT2D eigenvalue weighted by Gasteiger charge is 2.17. The van der Waals surface area contributed by atoms with Gasteiger partial charge in [0, 0.05) is 11.7 Å². The Kier molecular flexibility index (Phi) is 4.09. The monoisotopic (exact) mass is 274 g/mol. The molecule has 0 bridgehead atoms. The first-order valence-corrected chi connectivity index (χ1v) is 6.39. The lowest BCUT2D eigenvalue weighted by molar-refractivity contribution is -0.119.